The molecule has 0 N–H and O–H groups in total. The van der Waals surface area contributed by atoms with Gasteiger partial charge in [0, 0.05) is 162 Å². The number of ketones is 3. The molecule has 6 heterocycles. The highest BCUT2D eigenvalue weighted by atomic mass is 16.3. The zero-order valence-electron chi connectivity index (χ0n) is 74.9. The average molecular weight is 1660 g/mol. The van der Waals surface area contributed by atoms with Crippen molar-refractivity contribution in [1.82, 2.24) is 4.57 Å². The number of anilines is 3. The summed E-state index contributed by atoms with van der Waals surface area (Å²) in [6, 6.07) is 76.4. The number of Topliss-reactive ketones (excluding diaryl/α,β-unsaturated/α-hetero) is 3. The maximum atomic E-state index is 14.0. The van der Waals surface area contributed by atoms with Crippen molar-refractivity contribution in [3.63, 3.8) is 0 Å². The number of unbranched alkanes of at least 4 members (excludes halogenated alkanes) is 4. The maximum absolute atomic E-state index is 14.0. The van der Waals surface area contributed by atoms with Crippen LogP contribution in [-0.4, -0.2) is 76.2 Å². The van der Waals surface area contributed by atoms with E-state index >= 15 is 0 Å². The zero-order valence-corrected chi connectivity index (χ0v) is 74.9. The van der Waals surface area contributed by atoms with E-state index in [1.165, 1.54) is 110 Å². The van der Waals surface area contributed by atoms with E-state index in [0.29, 0.717) is 22.3 Å². The highest BCUT2D eigenvalue weighted by Crippen LogP contribution is 2.56. The third kappa shape index (κ3) is 12.8. The molecular formula is C114H109N6O6-. The standard InChI is InChI=1S/C42H44N2O2.C36H32N2O2.C36H34N2O2/c1-7-9-23-43-33-21-19-27-15-11-13-17-29(27)37(33)41(3,4)35(43)25-31-39(45)32(40(31)46)26-36-42(5,6)38-30-18-14-12-16-28(30)20-22-34(38)44(36)24-10-8-2;1-35(2)27-17-15-21-11-7-9-13-23(21)31(27)37(5)29(35)19-25-33(39)26(34(25)40)20-30-36(3,4)28-18-16-22-12-8-10-14-24(22)32(28)38(30)6;1-3-5-19-37-29-17-9-13-23-11-7-15-25(33(23)29)31(37)21-27-35(39)28(36(27)40)22-32-26-16-8-12-24-14-10-18-30(34(24)26)38(32)20-6-4-2/h11-22,25-26H,7-10,23-24H2,1-6H3;7-20H,1-6H3;7-18,21-22,31,39H,3-6,19-20H2,1-2H3/p-1/b;;27-21?,32-22+. The van der Waals surface area contributed by atoms with Gasteiger partial charge in [0.05, 0.1) is 27.9 Å². The van der Waals surface area contributed by atoms with E-state index in [1.54, 1.807) is 0 Å². The van der Waals surface area contributed by atoms with Crippen LogP contribution in [0, 0.1) is 0 Å². The number of fused-ring (bicyclic) bond motifs is 12. The third-order valence-electron chi connectivity index (χ3n) is 28.6. The molecule has 3 aliphatic carbocycles. The Morgan fingerprint density at radius 1 is 0.405 bits per heavy atom. The van der Waals surface area contributed by atoms with Crippen molar-refractivity contribution in [2.24, 2.45) is 0 Å². The number of aromatic nitrogens is 1. The van der Waals surface area contributed by atoms with E-state index in [9.17, 15) is 29.7 Å². The van der Waals surface area contributed by atoms with Gasteiger partial charge in [-0.25, -0.2) is 0 Å². The van der Waals surface area contributed by atoms with Crippen molar-refractivity contribution in [1.29, 1.82) is 0 Å². The van der Waals surface area contributed by atoms with Crippen molar-refractivity contribution in [2.45, 2.75) is 169 Å². The maximum Gasteiger partial charge on any atom is 0.217 e. The second kappa shape index (κ2) is 31.5. The Morgan fingerprint density at radius 3 is 1.54 bits per heavy atom. The summed E-state index contributed by atoms with van der Waals surface area (Å²) >= 11 is 0. The number of allylic oxidation sites excluding steroid dienone is 12. The molecule has 0 amide bonds. The van der Waals surface area contributed by atoms with Crippen LogP contribution in [0.3, 0.4) is 0 Å². The van der Waals surface area contributed by atoms with Crippen LogP contribution in [0.25, 0.3) is 81.6 Å². The summed E-state index contributed by atoms with van der Waals surface area (Å²) in [5.41, 5.74) is 17.4. The van der Waals surface area contributed by atoms with Crippen LogP contribution in [0.15, 0.2) is 311 Å². The fraction of sp³-hybridized carbons (Fsp3) is 0.272. The molecule has 0 spiro atoms. The molecule has 5 aliphatic heterocycles. The van der Waals surface area contributed by atoms with Gasteiger partial charge in [-0.15, -0.1) is 0 Å². The molecule has 126 heavy (non-hydrogen) atoms. The molecule has 632 valence electrons. The molecule has 0 saturated heterocycles. The molecule has 8 aliphatic rings. The van der Waals surface area contributed by atoms with Crippen LogP contribution >= 0.6 is 0 Å². The van der Waals surface area contributed by atoms with E-state index in [4.69, 9.17) is 0 Å². The Kier molecular flexibility index (Phi) is 20.6. The number of benzene rings is 12. The highest BCUT2D eigenvalue weighted by molar-refractivity contribution is 6.27. The highest BCUT2D eigenvalue weighted by Gasteiger charge is 2.50. The molecule has 0 bridgehead atoms. The van der Waals surface area contributed by atoms with Gasteiger partial charge in [0.15, 0.2) is 28.8 Å². The summed E-state index contributed by atoms with van der Waals surface area (Å²) in [5, 5.41) is 57.5. The molecule has 12 heteroatoms. The van der Waals surface area contributed by atoms with E-state index in [-0.39, 0.29) is 73.5 Å². The molecule has 1 unspecified atom stereocenters. The zero-order chi connectivity index (χ0) is 87.9. The van der Waals surface area contributed by atoms with Crippen molar-refractivity contribution >= 4 is 139 Å². The fourth-order valence-electron chi connectivity index (χ4n) is 21.9. The third-order valence-corrected chi connectivity index (χ3v) is 28.6. The molecule has 1 atom stereocenters. The molecule has 21 rings (SSSR count). The van der Waals surface area contributed by atoms with Gasteiger partial charge in [0.25, 0.3) is 0 Å². The predicted octanol–water partition coefficient (Wildman–Crippen LogP) is 21.9. The number of carbonyl (C=O) groups excluding carboxylic acids is 3. The minimum atomic E-state index is -0.362. The first-order valence-electron chi connectivity index (χ1n) is 45.4. The van der Waals surface area contributed by atoms with Crippen LogP contribution in [0.4, 0.5) is 28.4 Å². The van der Waals surface area contributed by atoms with Gasteiger partial charge in [-0.05, 0) is 161 Å². The molecule has 1 aromatic heterocycles. The van der Waals surface area contributed by atoms with Gasteiger partial charge in [-0.2, -0.15) is 9.15 Å². The number of nitrogens with zero attached hydrogens (tertiary/aromatic N) is 6. The van der Waals surface area contributed by atoms with E-state index < -0.39 is 0 Å². The number of hydrogen-bond acceptors (Lipinski definition) is 9. The normalized spacial score (nSPS) is 19.8. The molecular weight excluding hydrogens is 1550 g/mol. The minimum Gasteiger partial charge on any atom is -0.871 e. The lowest BCUT2D eigenvalue weighted by molar-refractivity contribution is -0.438. The van der Waals surface area contributed by atoms with Gasteiger partial charge in [-0.3, -0.25) is 14.4 Å². The number of aryl methyl sites for hydroxylation is 1. The molecule has 0 fully saturated rings. The minimum absolute atomic E-state index is 0.115. The lowest BCUT2D eigenvalue weighted by Crippen LogP contribution is -2.35. The van der Waals surface area contributed by atoms with Crippen LogP contribution in [-0.2, 0) is 42.6 Å². The second-order valence-corrected chi connectivity index (χ2v) is 37.5. The fourth-order valence-corrected chi connectivity index (χ4v) is 21.9. The summed E-state index contributed by atoms with van der Waals surface area (Å²) in [4.78, 5) is 48.0. The number of likely N-dealkylation sites (N-methyl/N-ethyl adjacent to an activating group) is 1. The Balaban J connectivity index is 0.000000124. The number of hydrogen-bond donors (Lipinski definition) is 0. The van der Waals surface area contributed by atoms with Crippen LogP contribution in [0.1, 0.15) is 168 Å². The summed E-state index contributed by atoms with van der Waals surface area (Å²) in [7, 11) is 4.06. The quantitative estimate of drug-likeness (QED) is 0.0606. The van der Waals surface area contributed by atoms with Gasteiger partial charge in [0.2, 0.25) is 11.4 Å². The molecule has 12 aromatic carbocycles. The lowest BCUT2D eigenvalue weighted by Gasteiger charge is -2.33. The first-order valence-corrected chi connectivity index (χ1v) is 45.4. The first kappa shape index (κ1) is 82.4. The van der Waals surface area contributed by atoms with Crippen molar-refractivity contribution in [2.75, 3.05) is 48.4 Å². The van der Waals surface area contributed by atoms with Crippen LogP contribution in [0.5, 0.6) is 0 Å². The van der Waals surface area contributed by atoms with E-state index in [1.807, 2.05) is 62.7 Å². The average Bonchev–Trinajstić information content (AvgIpc) is 1.59. The van der Waals surface area contributed by atoms with Gasteiger partial charge >= 0.3 is 0 Å². The van der Waals surface area contributed by atoms with Gasteiger partial charge in [0.1, 0.15) is 13.6 Å². The Hall–Kier alpha value is -13.2. The molecule has 0 saturated carbocycles. The van der Waals surface area contributed by atoms with Crippen molar-refractivity contribution in [3.05, 3.63) is 344 Å². The summed E-state index contributed by atoms with van der Waals surface area (Å²) in [5.74, 6) is -0.947. The van der Waals surface area contributed by atoms with Gasteiger partial charge in [-0.1, -0.05) is 280 Å². The largest absolute Gasteiger partial charge is 0.871 e. The Bertz CT molecular complexity index is 7280. The molecule has 12 nitrogen and oxygen atoms in total. The predicted molar refractivity (Wildman–Crippen MR) is 514 cm³/mol. The summed E-state index contributed by atoms with van der Waals surface area (Å²) < 4.78 is 6.79. The van der Waals surface area contributed by atoms with Crippen molar-refractivity contribution in [3.8, 4) is 0 Å². The van der Waals surface area contributed by atoms with E-state index in [2.05, 4.69) is 318 Å². The number of carbonyl (C=O) groups is 3. The van der Waals surface area contributed by atoms with Gasteiger partial charge < -0.3 is 34.6 Å². The molecule has 13 aromatic rings. The Labute approximate surface area is 738 Å². The van der Waals surface area contributed by atoms with Crippen LogP contribution < -0.4 is 35.4 Å². The smallest absolute Gasteiger partial charge is 0.217 e. The number of rotatable bonds is 18. The lowest BCUT2D eigenvalue weighted by atomic mass is 9.76. The Morgan fingerprint density at radius 2 is 0.897 bits per heavy atom. The first-order chi connectivity index (χ1) is 60.8. The monoisotopic (exact) mass is 1660 g/mol. The SMILES string of the molecule is CCCCN1/C(=C/C2=C([O-])C(=C/C3=[N+](CCCC)c4ccc5ccccc5c4C3(C)C)/C2=O)C(C)(C)c2c1ccc1ccccc21.CCCCN1c2cccc3cccc(c23)C1C=C1C(=O)C(/C=c2\c3cccc4cccc(c43)n2CCCC)=C1[O-].CN1/C(=C/C2=C([O-])C(=C/C3=[N+](C)c4c(ccc5ccccc45)C3(C)C)/C2=O)C(C)(C)c2ccc3ccccc3c21. The molecule has 0 radical (unpaired) electrons. The van der Waals surface area contributed by atoms with Crippen molar-refractivity contribution < 1.29 is 38.9 Å². The van der Waals surface area contributed by atoms with Crippen LogP contribution in [0.2, 0.25) is 0 Å². The second-order valence-electron chi connectivity index (χ2n) is 37.5. The summed E-state index contributed by atoms with van der Waals surface area (Å²) in [6.07, 6.45) is 19.7. The van der Waals surface area contributed by atoms with E-state index in [0.717, 1.165) is 128 Å². The topological polar surface area (TPSA) is 141 Å². The summed E-state index contributed by atoms with van der Waals surface area (Å²) in [6.45, 7) is 29.8.